The highest BCUT2D eigenvalue weighted by molar-refractivity contribution is 5.85. The van der Waals surface area contributed by atoms with Gasteiger partial charge in [-0.2, -0.15) is 0 Å². The van der Waals surface area contributed by atoms with Crippen LogP contribution in [0.25, 0.3) is 10.4 Å². The first kappa shape index (κ1) is 13.6. The minimum absolute atomic E-state index is 0.0353. The molecule has 96 valence electrons. The van der Waals surface area contributed by atoms with Gasteiger partial charge in [-0.1, -0.05) is 12.0 Å². The van der Waals surface area contributed by atoms with Crippen molar-refractivity contribution in [1.82, 2.24) is 4.57 Å². The predicted molar refractivity (Wildman–Crippen MR) is 62.8 cm³/mol. The number of aromatic carboxylic acids is 1. The summed E-state index contributed by atoms with van der Waals surface area (Å²) in [5, 5.41) is 12.4. The second-order valence-electron chi connectivity index (χ2n) is 3.60. The molecule has 0 aromatic carbocycles. The maximum absolute atomic E-state index is 11.5. The quantitative estimate of drug-likeness (QED) is 0.482. The number of ether oxygens (including phenoxy) is 1. The summed E-state index contributed by atoms with van der Waals surface area (Å²) in [5.41, 5.74) is 7.60. The van der Waals surface area contributed by atoms with Crippen molar-refractivity contribution in [1.29, 1.82) is 0 Å². The standard InChI is InChI=1S/C10H12N4O4/c1-6(12-13-11)4-14-5-9(18-2)8(15)3-7(14)10(16)17/h3,5-6H,4H2,1-2H3,(H,16,17). The number of carboxylic acids is 1. The van der Waals surface area contributed by atoms with Crippen LogP contribution in [-0.2, 0) is 6.54 Å². The summed E-state index contributed by atoms with van der Waals surface area (Å²) in [6.07, 6.45) is 1.29. The van der Waals surface area contributed by atoms with Crippen molar-refractivity contribution < 1.29 is 14.6 Å². The molecule has 0 radical (unpaired) electrons. The maximum atomic E-state index is 11.5. The van der Waals surface area contributed by atoms with Gasteiger partial charge in [0.2, 0.25) is 5.43 Å². The van der Waals surface area contributed by atoms with Crippen molar-refractivity contribution in [2.45, 2.75) is 19.5 Å². The largest absolute Gasteiger partial charge is 0.491 e. The molecule has 0 bridgehead atoms. The van der Waals surface area contributed by atoms with Crippen LogP contribution in [0.3, 0.4) is 0 Å². The summed E-state index contributed by atoms with van der Waals surface area (Å²) in [6.45, 7) is 1.78. The van der Waals surface area contributed by atoms with E-state index in [-0.39, 0.29) is 18.0 Å². The molecule has 18 heavy (non-hydrogen) atoms. The van der Waals surface area contributed by atoms with E-state index in [9.17, 15) is 9.59 Å². The number of methoxy groups -OCH3 is 1. The average Bonchev–Trinajstić information content (AvgIpc) is 2.30. The molecule has 8 heteroatoms. The van der Waals surface area contributed by atoms with E-state index < -0.39 is 17.4 Å². The van der Waals surface area contributed by atoms with E-state index in [0.29, 0.717) is 0 Å². The van der Waals surface area contributed by atoms with Crippen LogP contribution >= 0.6 is 0 Å². The van der Waals surface area contributed by atoms with Gasteiger partial charge in [0.05, 0.1) is 19.3 Å². The topological polar surface area (TPSA) is 117 Å². The molecule has 1 rings (SSSR count). The highest BCUT2D eigenvalue weighted by atomic mass is 16.5. The first-order valence-electron chi connectivity index (χ1n) is 5.05. The third-order valence-electron chi connectivity index (χ3n) is 2.24. The number of carbonyl (C=O) groups is 1. The van der Waals surface area contributed by atoms with Crippen LogP contribution in [0.15, 0.2) is 22.2 Å². The van der Waals surface area contributed by atoms with E-state index in [4.69, 9.17) is 15.4 Å². The normalized spacial score (nSPS) is 11.4. The predicted octanol–water partition coefficient (Wildman–Crippen LogP) is 1.25. The zero-order chi connectivity index (χ0) is 13.7. The fraction of sp³-hybridized carbons (Fsp3) is 0.400. The van der Waals surface area contributed by atoms with Gasteiger partial charge < -0.3 is 14.4 Å². The molecule has 0 aliphatic heterocycles. The van der Waals surface area contributed by atoms with Gasteiger partial charge in [-0.25, -0.2) is 4.79 Å². The van der Waals surface area contributed by atoms with E-state index >= 15 is 0 Å². The van der Waals surface area contributed by atoms with Crippen molar-refractivity contribution in [3.63, 3.8) is 0 Å². The highest BCUT2D eigenvalue weighted by Crippen LogP contribution is 2.09. The maximum Gasteiger partial charge on any atom is 0.352 e. The van der Waals surface area contributed by atoms with Crippen molar-refractivity contribution in [3.8, 4) is 5.75 Å². The van der Waals surface area contributed by atoms with Gasteiger partial charge in [0.1, 0.15) is 5.69 Å². The molecule has 1 aromatic rings. The molecule has 0 aliphatic carbocycles. The highest BCUT2D eigenvalue weighted by Gasteiger charge is 2.14. The molecule has 0 aliphatic rings. The van der Waals surface area contributed by atoms with Crippen LogP contribution < -0.4 is 10.2 Å². The van der Waals surface area contributed by atoms with Crippen molar-refractivity contribution in [3.05, 3.63) is 38.6 Å². The monoisotopic (exact) mass is 252 g/mol. The number of azide groups is 1. The molecule has 1 heterocycles. The van der Waals surface area contributed by atoms with Crippen molar-refractivity contribution in [2.24, 2.45) is 5.11 Å². The summed E-state index contributed by atoms with van der Waals surface area (Å²) in [5.74, 6) is -1.20. The Labute approximate surface area is 102 Å². The molecule has 1 unspecified atom stereocenters. The van der Waals surface area contributed by atoms with E-state index in [1.54, 1.807) is 6.92 Å². The lowest BCUT2D eigenvalue weighted by Crippen LogP contribution is -2.21. The average molecular weight is 252 g/mol. The minimum Gasteiger partial charge on any atom is -0.491 e. The van der Waals surface area contributed by atoms with E-state index in [2.05, 4.69) is 10.0 Å². The minimum atomic E-state index is -1.23. The lowest BCUT2D eigenvalue weighted by Gasteiger charge is -2.13. The molecule has 0 amide bonds. The van der Waals surface area contributed by atoms with Crippen LogP contribution in [0, 0.1) is 0 Å². The summed E-state index contributed by atoms with van der Waals surface area (Å²) in [4.78, 5) is 25.1. The Morgan fingerprint density at radius 1 is 1.72 bits per heavy atom. The molecular weight excluding hydrogens is 240 g/mol. The Morgan fingerprint density at radius 3 is 2.89 bits per heavy atom. The first-order chi connectivity index (χ1) is 8.49. The molecular formula is C10H12N4O4. The zero-order valence-corrected chi connectivity index (χ0v) is 9.90. The van der Waals surface area contributed by atoms with E-state index in [0.717, 1.165) is 6.07 Å². The third-order valence-corrected chi connectivity index (χ3v) is 2.24. The summed E-state index contributed by atoms with van der Waals surface area (Å²) >= 11 is 0. The number of hydrogen-bond acceptors (Lipinski definition) is 4. The van der Waals surface area contributed by atoms with Crippen LogP contribution in [0.1, 0.15) is 17.4 Å². The Bertz CT molecular complexity index is 559. The van der Waals surface area contributed by atoms with Crippen LogP contribution in [0.5, 0.6) is 5.75 Å². The molecule has 0 saturated heterocycles. The van der Waals surface area contributed by atoms with Crippen molar-refractivity contribution in [2.75, 3.05) is 7.11 Å². The first-order valence-corrected chi connectivity index (χ1v) is 5.05. The molecule has 8 nitrogen and oxygen atoms in total. The van der Waals surface area contributed by atoms with Gasteiger partial charge in [-0.15, -0.1) is 0 Å². The van der Waals surface area contributed by atoms with Gasteiger partial charge in [0.25, 0.3) is 0 Å². The van der Waals surface area contributed by atoms with Gasteiger partial charge in [0, 0.05) is 17.5 Å². The zero-order valence-electron chi connectivity index (χ0n) is 9.90. The number of nitrogens with zero attached hydrogens (tertiary/aromatic N) is 4. The molecule has 0 spiro atoms. The van der Waals surface area contributed by atoms with E-state index in [1.165, 1.54) is 17.9 Å². The number of carboxylic acid groups (broad SMARTS) is 1. The summed E-state index contributed by atoms with van der Waals surface area (Å²) in [6, 6.07) is 0.532. The molecule has 0 fully saturated rings. The Morgan fingerprint density at radius 2 is 2.39 bits per heavy atom. The molecule has 1 aromatic heterocycles. The lowest BCUT2D eigenvalue weighted by atomic mass is 10.2. The van der Waals surface area contributed by atoms with Crippen LogP contribution in [0.4, 0.5) is 0 Å². The second kappa shape index (κ2) is 5.74. The van der Waals surface area contributed by atoms with Crippen LogP contribution in [-0.4, -0.2) is 28.8 Å². The van der Waals surface area contributed by atoms with Gasteiger partial charge in [-0.3, -0.25) is 4.79 Å². The molecule has 1 atom stereocenters. The van der Waals surface area contributed by atoms with Gasteiger partial charge in [-0.05, 0) is 5.53 Å². The molecule has 0 saturated carbocycles. The lowest BCUT2D eigenvalue weighted by molar-refractivity contribution is 0.0683. The fourth-order valence-electron chi connectivity index (χ4n) is 1.45. The van der Waals surface area contributed by atoms with E-state index in [1.807, 2.05) is 0 Å². The Hall–Kier alpha value is -2.47. The van der Waals surface area contributed by atoms with Gasteiger partial charge in [0.15, 0.2) is 5.75 Å². The van der Waals surface area contributed by atoms with Crippen LogP contribution in [0.2, 0.25) is 0 Å². The fourth-order valence-corrected chi connectivity index (χ4v) is 1.45. The molecule has 1 N–H and O–H groups in total. The second-order valence-corrected chi connectivity index (χ2v) is 3.60. The number of hydrogen-bond donors (Lipinski definition) is 1. The summed E-state index contributed by atoms with van der Waals surface area (Å²) < 4.78 is 6.14. The number of rotatable bonds is 5. The number of aromatic nitrogens is 1. The summed E-state index contributed by atoms with van der Waals surface area (Å²) in [7, 11) is 1.32. The third kappa shape index (κ3) is 3.02. The van der Waals surface area contributed by atoms with Crippen molar-refractivity contribution >= 4 is 5.97 Å². The smallest absolute Gasteiger partial charge is 0.352 e. The SMILES string of the molecule is COc1cn(CC(C)N=[N+]=[N-])c(C(=O)O)cc1=O. The Kier molecular flexibility index (Phi) is 4.33. The Balaban J connectivity index is 3.26. The number of pyridine rings is 1. The van der Waals surface area contributed by atoms with Gasteiger partial charge >= 0.3 is 5.97 Å².